The van der Waals surface area contributed by atoms with Crippen molar-refractivity contribution in [2.45, 2.75) is 19.4 Å². The first-order chi connectivity index (χ1) is 14.8. The van der Waals surface area contributed by atoms with E-state index < -0.39 is 0 Å². The summed E-state index contributed by atoms with van der Waals surface area (Å²) in [5.74, 6) is 0.228. The van der Waals surface area contributed by atoms with Gasteiger partial charge in [-0.1, -0.05) is 42.5 Å². The summed E-state index contributed by atoms with van der Waals surface area (Å²) in [7, 11) is 0. The number of hydrogen-bond donors (Lipinski definition) is 0. The summed E-state index contributed by atoms with van der Waals surface area (Å²) in [6, 6.07) is 18.9. The van der Waals surface area contributed by atoms with Crippen LogP contribution in [0.1, 0.15) is 17.7 Å². The minimum atomic E-state index is 0.228. The topological polar surface area (TPSA) is 39.7 Å². The van der Waals surface area contributed by atoms with Gasteiger partial charge in [-0.05, 0) is 35.9 Å². The Bertz CT molecular complexity index is 1040. The molecule has 2 aliphatic heterocycles. The summed E-state index contributed by atoms with van der Waals surface area (Å²) in [6.45, 7) is 5.99. The first-order valence-electron chi connectivity index (χ1n) is 10.9. The van der Waals surface area contributed by atoms with E-state index in [2.05, 4.69) is 63.3 Å². The van der Waals surface area contributed by atoms with Gasteiger partial charge >= 0.3 is 0 Å². The molecule has 0 bridgehead atoms. The Morgan fingerprint density at radius 3 is 2.53 bits per heavy atom. The van der Waals surface area contributed by atoms with Gasteiger partial charge in [0, 0.05) is 56.5 Å². The van der Waals surface area contributed by atoms with Gasteiger partial charge in [0.15, 0.2) is 0 Å². The number of pyridine rings is 1. The van der Waals surface area contributed by atoms with Crippen LogP contribution in [0.4, 0.5) is 5.69 Å². The molecular weight excluding hydrogens is 372 g/mol. The number of aromatic nitrogens is 1. The molecule has 1 amide bonds. The zero-order valence-corrected chi connectivity index (χ0v) is 17.3. The molecule has 0 N–H and O–H groups in total. The van der Waals surface area contributed by atoms with Crippen LogP contribution < -0.4 is 4.90 Å². The number of carbonyl (C=O) groups is 1. The number of amides is 1. The lowest BCUT2D eigenvalue weighted by Crippen LogP contribution is -2.50. The van der Waals surface area contributed by atoms with Crippen LogP contribution in [-0.2, 0) is 17.8 Å². The molecule has 3 heterocycles. The van der Waals surface area contributed by atoms with Crippen molar-refractivity contribution < 1.29 is 4.79 Å². The molecule has 0 radical (unpaired) electrons. The van der Waals surface area contributed by atoms with Crippen LogP contribution >= 0.6 is 0 Å². The van der Waals surface area contributed by atoms with E-state index in [1.165, 1.54) is 16.3 Å². The number of carbonyl (C=O) groups excluding carboxylic acids is 1. The van der Waals surface area contributed by atoms with Crippen LogP contribution in [0, 0.1) is 0 Å². The van der Waals surface area contributed by atoms with Crippen molar-refractivity contribution in [1.29, 1.82) is 0 Å². The number of benzene rings is 2. The number of rotatable bonds is 4. The lowest BCUT2D eigenvalue weighted by Gasteiger charge is -2.36. The fourth-order valence-corrected chi connectivity index (χ4v) is 4.69. The van der Waals surface area contributed by atoms with Crippen LogP contribution in [0.5, 0.6) is 0 Å². The maximum absolute atomic E-state index is 13.0. The molecule has 0 atom stereocenters. The van der Waals surface area contributed by atoms with Crippen LogP contribution in [0.15, 0.2) is 60.8 Å². The van der Waals surface area contributed by atoms with E-state index in [0.29, 0.717) is 6.54 Å². The molecule has 0 saturated carbocycles. The van der Waals surface area contributed by atoms with Gasteiger partial charge in [-0.15, -0.1) is 0 Å². The van der Waals surface area contributed by atoms with Crippen molar-refractivity contribution in [3.05, 3.63) is 72.1 Å². The second-order valence-corrected chi connectivity index (χ2v) is 8.31. The molecule has 1 aromatic heterocycles. The maximum atomic E-state index is 13.0. The Balaban J connectivity index is 1.18. The second-order valence-electron chi connectivity index (χ2n) is 8.31. The Labute approximate surface area is 177 Å². The highest BCUT2D eigenvalue weighted by atomic mass is 16.2. The van der Waals surface area contributed by atoms with E-state index in [1.54, 1.807) is 0 Å². The third-order valence-corrected chi connectivity index (χ3v) is 6.36. The first-order valence-corrected chi connectivity index (χ1v) is 10.9. The van der Waals surface area contributed by atoms with E-state index in [-0.39, 0.29) is 5.91 Å². The van der Waals surface area contributed by atoms with E-state index in [0.717, 1.165) is 63.5 Å². The van der Waals surface area contributed by atoms with Gasteiger partial charge in [-0.2, -0.15) is 0 Å². The highest BCUT2D eigenvalue weighted by Gasteiger charge is 2.25. The lowest BCUT2D eigenvalue weighted by molar-refractivity contribution is -0.120. The van der Waals surface area contributed by atoms with Crippen LogP contribution in [-0.4, -0.2) is 60.0 Å². The predicted molar refractivity (Wildman–Crippen MR) is 121 cm³/mol. The fourth-order valence-electron chi connectivity index (χ4n) is 4.69. The largest absolute Gasteiger partial charge is 0.311 e. The number of fused-ring (bicyclic) bond motifs is 2. The molecule has 154 valence electrons. The highest BCUT2D eigenvalue weighted by molar-refractivity contribution is 5.96. The molecule has 5 nitrogen and oxygen atoms in total. The summed E-state index contributed by atoms with van der Waals surface area (Å²) in [6.07, 6.45) is 4.03. The smallest absolute Gasteiger partial charge is 0.241 e. The maximum Gasteiger partial charge on any atom is 0.241 e. The molecule has 0 spiro atoms. The summed E-state index contributed by atoms with van der Waals surface area (Å²) in [5, 5.41) is 2.48. The fraction of sp³-hybridized carbons (Fsp3) is 0.360. The van der Waals surface area contributed by atoms with Crippen molar-refractivity contribution in [1.82, 2.24) is 14.8 Å². The molecule has 1 saturated heterocycles. The Hall–Kier alpha value is -2.76. The van der Waals surface area contributed by atoms with Gasteiger partial charge in [0.25, 0.3) is 0 Å². The average molecular weight is 401 g/mol. The standard InChI is InChI=1S/C25H28N4O/c30-25(29-13-5-8-21-7-2-4-10-24(21)29)19-28-16-14-27(15-17-28)18-23-22-9-3-1-6-20(22)11-12-26-23/h1-4,6-7,9-12H,5,8,13-19H2. The minimum Gasteiger partial charge on any atom is -0.311 e. The zero-order valence-electron chi connectivity index (χ0n) is 17.3. The minimum absolute atomic E-state index is 0.228. The molecule has 1 fully saturated rings. The van der Waals surface area contributed by atoms with Gasteiger partial charge in [0.2, 0.25) is 5.91 Å². The zero-order chi connectivity index (χ0) is 20.3. The molecule has 5 rings (SSSR count). The molecule has 0 aliphatic carbocycles. The Morgan fingerprint density at radius 1 is 0.867 bits per heavy atom. The van der Waals surface area contributed by atoms with Crippen LogP contribution in [0.25, 0.3) is 10.8 Å². The van der Waals surface area contributed by atoms with Crippen molar-refractivity contribution in [3.63, 3.8) is 0 Å². The third-order valence-electron chi connectivity index (χ3n) is 6.36. The highest BCUT2D eigenvalue weighted by Crippen LogP contribution is 2.27. The van der Waals surface area contributed by atoms with Gasteiger partial charge in [-0.25, -0.2) is 0 Å². The van der Waals surface area contributed by atoms with Gasteiger partial charge in [-0.3, -0.25) is 19.6 Å². The van der Waals surface area contributed by atoms with Crippen molar-refractivity contribution >= 4 is 22.4 Å². The summed E-state index contributed by atoms with van der Waals surface area (Å²) in [4.78, 5) is 24.4. The molecule has 30 heavy (non-hydrogen) atoms. The normalized spacial score (nSPS) is 17.8. The molecule has 5 heteroatoms. The molecule has 3 aromatic rings. The molecule has 0 unspecified atom stereocenters. The average Bonchev–Trinajstić information content (AvgIpc) is 2.80. The second kappa shape index (κ2) is 8.54. The van der Waals surface area contributed by atoms with E-state index in [4.69, 9.17) is 0 Å². The number of para-hydroxylation sites is 1. The predicted octanol–water partition coefficient (Wildman–Crippen LogP) is 3.33. The third kappa shape index (κ3) is 3.95. The van der Waals surface area contributed by atoms with Gasteiger partial charge < -0.3 is 4.90 Å². The summed E-state index contributed by atoms with van der Waals surface area (Å²) in [5.41, 5.74) is 3.54. The van der Waals surface area contributed by atoms with E-state index in [1.807, 2.05) is 17.2 Å². The Kier molecular flexibility index (Phi) is 5.47. The summed E-state index contributed by atoms with van der Waals surface area (Å²) < 4.78 is 0. The number of aryl methyl sites for hydroxylation is 1. The monoisotopic (exact) mass is 400 g/mol. The van der Waals surface area contributed by atoms with Gasteiger partial charge in [0.1, 0.15) is 0 Å². The number of piperazine rings is 1. The van der Waals surface area contributed by atoms with Crippen molar-refractivity contribution in [2.24, 2.45) is 0 Å². The van der Waals surface area contributed by atoms with Crippen molar-refractivity contribution in [3.8, 4) is 0 Å². The van der Waals surface area contributed by atoms with Crippen LogP contribution in [0.2, 0.25) is 0 Å². The first kappa shape index (κ1) is 19.2. The summed E-state index contributed by atoms with van der Waals surface area (Å²) >= 11 is 0. The quantitative estimate of drug-likeness (QED) is 0.674. The van der Waals surface area contributed by atoms with E-state index >= 15 is 0 Å². The number of nitrogens with zero attached hydrogens (tertiary/aromatic N) is 4. The van der Waals surface area contributed by atoms with E-state index in [9.17, 15) is 4.79 Å². The Morgan fingerprint density at radius 2 is 1.63 bits per heavy atom. The molecule has 2 aromatic carbocycles. The van der Waals surface area contributed by atoms with Gasteiger partial charge in [0.05, 0.1) is 12.2 Å². The van der Waals surface area contributed by atoms with Crippen molar-refractivity contribution in [2.75, 3.05) is 44.2 Å². The van der Waals surface area contributed by atoms with Crippen LogP contribution in [0.3, 0.4) is 0 Å². The lowest BCUT2D eigenvalue weighted by atomic mass is 10.0. The molecule has 2 aliphatic rings. The number of anilines is 1. The SMILES string of the molecule is O=C(CN1CCN(Cc2nccc3ccccc23)CC1)N1CCCc2ccccc21. The molecular formula is C25H28N4O. The number of hydrogen-bond acceptors (Lipinski definition) is 4.